The molecule has 0 fully saturated rings. The van der Waals surface area contributed by atoms with E-state index in [0.29, 0.717) is 11.1 Å². The van der Waals surface area contributed by atoms with E-state index in [2.05, 4.69) is 15.7 Å². The van der Waals surface area contributed by atoms with E-state index < -0.39 is 12.0 Å². The van der Waals surface area contributed by atoms with Gasteiger partial charge in [0.2, 0.25) is 0 Å². The van der Waals surface area contributed by atoms with Gasteiger partial charge in [-0.05, 0) is 31.9 Å². The van der Waals surface area contributed by atoms with E-state index in [1.165, 1.54) is 21.1 Å². The molecule has 2 aromatic carbocycles. The first-order chi connectivity index (χ1) is 13.9. The molecule has 0 saturated carbocycles. The maximum absolute atomic E-state index is 12.4. The van der Waals surface area contributed by atoms with Gasteiger partial charge in [0, 0.05) is 5.56 Å². The molecular weight excluding hydrogens is 370 g/mol. The zero-order valence-electron chi connectivity index (χ0n) is 17.2. The lowest BCUT2D eigenvalue weighted by atomic mass is 9.95. The van der Waals surface area contributed by atoms with E-state index >= 15 is 0 Å². The van der Waals surface area contributed by atoms with E-state index in [-0.39, 0.29) is 11.5 Å². The van der Waals surface area contributed by atoms with E-state index in [9.17, 15) is 9.59 Å². The summed E-state index contributed by atoms with van der Waals surface area (Å²) in [5.41, 5.74) is 6.69. The summed E-state index contributed by atoms with van der Waals surface area (Å²) in [6.45, 7) is 5.32. The minimum atomic E-state index is -0.779. The van der Waals surface area contributed by atoms with Crippen LogP contribution in [-0.2, 0) is 19.2 Å². The van der Waals surface area contributed by atoms with Crippen molar-refractivity contribution in [3.05, 3.63) is 70.8 Å². The monoisotopic (exact) mass is 395 g/mol. The molecule has 1 atom stereocenters. The quantitative estimate of drug-likeness (QED) is 0.421. The molecule has 0 amide bonds. The van der Waals surface area contributed by atoms with Crippen LogP contribution in [0.25, 0.3) is 0 Å². The second-order valence-corrected chi connectivity index (χ2v) is 6.44. The van der Waals surface area contributed by atoms with Crippen molar-refractivity contribution in [3.8, 4) is 0 Å². The van der Waals surface area contributed by atoms with Crippen LogP contribution < -0.4 is 5.43 Å². The Bertz CT molecular complexity index is 933. The summed E-state index contributed by atoms with van der Waals surface area (Å²) in [5, 5.41) is 8.18. The van der Waals surface area contributed by atoms with Gasteiger partial charge in [0.25, 0.3) is 0 Å². The van der Waals surface area contributed by atoms with Crippen molar-refractivity contribution in [1.29, 1.82) is 0 Å². The number of nitrogens with one attached hydrogen (secondary N) is 1. The van der Waals surface area contributed by atoms with Gasteiger partial charge in [0.1, 0.15) is 13.2 Å². The molecule has 0 aliphatic carbocycles. The summed E-state index contributed by atoms with van der Waals surface area (Å²) in [6, 6.07) is 14.1. The Hall–Kier alpha value is -3.48. The highest BCUT2D eigenvalue weighted by molar-refractivity contribution is 6.43. The summed E-state index contributed by atoms with van der Waals surface area (Å²) >= 11 is 0. The normalized spacial score (nSPS) is 12.9. The molecule has 0 spiro atoms. The topological polar surface area (TPSA) is 89.3 Å². The summed E-state index contributed by atoms with van der Waals surface area (Å²) in [7, 11) is 2.59. The van der Waals surface area contributed by atoms with E-state index in [1.54, 1.807) is 24.3 Å². The van der Waals surface area contributed by atoms with Gasteiger partial charge in [0.15, 0.2) is 11.5 Å². The van der Waals surface area contributed by atoms with Crippen molar-refractivity contribution in [2.24, 2.45) is 10.3 Å². The highest BCUT2D eigenvalue weighted by Gasteiger charge is 2.25. The predicted molar refractivity (Wildman–Crippen MR) is 112 cm³/mol. The molecule has 29 heavy (non-hydrogen) atoms. The lowest BCUT2D eigenvalue weighted by molar-refractivity contribution is -0.132. The number of hydrazone groups is 1. The molecule has 1 unspecified atom stereocenters. The van der Waals surface area contributed by atoms with Gasteiger partial charge in [-0.3, -0.25) is 10.2 Å². The summed E-state index contributed by atoms with van der Waals surface area (Å²) < 4.78 is 4.80. The van der Waals surface area contributed by atoms with Crippen molar-refractivity contribution in [2.75, 3.05) is 14.2 Å². The van der Waals surface area contributed by atoms with Crippen molar-refractivity contribution in [2.45, 2.75) is 26.8 Å². The first-order valence-electron chi connectivity index (χ1n) is 9.05. The average Bonchev–Trinajstić information content (AvgIpc) is 2.72. The minimum absolute atomic E-state index is 0.0297. The summed E-state index contributed by atoms with van der Waals surface area (Å²) in [6.07, 6.45) is 0. The number of hydrogen-bond donors (Lipinski definition) is 1. The highest BCUT2D eigenvalue weighted by atomic mass is 16.6. The second kappa shape index (κ2) is 10.2. The summed E-state index contributed by atoms with van der Waals surface area (Å²) in [5.74, 6) is -0.833. The SMILES string of the molecule is CON=C(C(=O)OC)c1ccccc1C(NN=C(C)c1ccc(C)cc1)C(C)=O. The van der Waals surface area contributed by atoms with Crippen LogP contribution in [0.4, 0.5) is 0 Å². The van der Waals surface area contributed by atoms with E-state index in [4.69, 9.17) is 9.57 Å². The van der Waals surface area contributed by atoms with Crippen LogP contribution in [0.3, 0.4) is 0 Å². The standard InChI is InChI=1S/C22H25N3O4/c1-14-10-12-17(13-11-14)15(2)23-24-20(16(3)26)18-8-6-7-9-19(18)21(25-29-5)22(27)28-4/h6-13,20,24H,1-5H3. The van der Waals surface area contributed by atoms with Gasteiger partial charge in [0.05, 0.1) is 12.8 Å². The van der Waals surface area contributed by atoms with Crippen molar-refractivity contribution >= 4 is 23.2 Å². The van der Waals surface area contributed by atoms with Crippen molar-refractivity contribution in [3.63, 3.8) is 0 Å². The molecular formula is C22H25N3O4. The molecule has 0 aliphatic rings. The molecule has 0 heterocycles. The molecule has 7 heteroatoms. The lowest BCUT2D eigenvalue weighted by Crippen LogP contribution is -2.28. The zero-order chi connectivity index (χ0) is 21.4. The summed E-state index contributed by atoms with van der Waals surface area (Å²) in [4.78, 5) is 29.3. The fourth-order valence-corrected chi connectivity index (χ4v) is 2.75. The highest BCUT2D eigenvalue weighted by Crippen LogP contribution is 2.21. The number of hydrogen-bond acceptors (Lipinski definition) is 7. The van der Waals surface area contributed by atoms with Gasteiger partial charge >= 0.3 is 5.97 Å². The van der Waals surface area contributed by atoms with Gasteiger partial charge in [-0.1, -0.05) is 59.3 Å². The van der Waals surface area contributed by atoms with Gasteiger partial charge in [-0.15, -0.1) is 0 Å². The van der Waals surface area contributed by atoms with Gasteiger partial charge < -0.3 is 9.57 Å². The number of esters is 1. The Balaban J connectivity index is 2.42. The number of ether oxygens (including phenoxy) is 1. The van der Waals surface area contributed by atoms with Crippen LogP contribution in [0.1, 0.15) is 42.1 Å². The number of nitrogens with zero attached hydrogens (tertiary/aromatic N) is 2. The predicted octanol–water partition coefficient (Wildman–Crippen LogP) is 3.16. The first kappa shape index (κ1) is 21.8. The van der Waals surface area contributed by atoms with Crippen LogP contribution in [0, 0.1) is 6.92 Å². The number of benzene rings is 2. The fraction of sp³-hybridized carbons (Fsp3) is 0.273. The van der Waals surface area contributed by atoms with Crippen LogP contribution in [0.15, 0.2) is 58.8 Å². The number of methoxy groups -OCH3 is 1. The van der Waals surface area contributed by atoms with Crippen molar-refractivity contribution in [1.82, 2.24) is 5.43 Å². The molecule has 7 nitrogen and oxygen atoms in total. The maximum atomic E-state index is 12.4. The number of aryl methyl sites for hydroxylation is 1. The Morgan fingerprint density at radius 3 is 2.24 bits per heavy atom. The minimum Gasteiger partial charge on any atom is -0.464 e. The molecule has 0 bridgehead atoms. The number of Topliss-reactive ketones (excluding diaryl/α,β-unsaturated/α-hetero) is 1. The van der Waals surface area contributed by atoms with Crippen LogP contribution in [0.2, 0.25) is 0 Å². The molecule has 0 aliphatic heterocycles. The number of rotatable bonds is 8. The third kappa shape index (κ3) is 5.51. The Morgan fingerprint density at radius 1 is 1.00 bits per heavy atom. The van der Waals surface area contributed by atoms with Crippen molar-refractivity contribution < 1.29 is 19.2 Å². The van der Waals surface area contributed by atoms with Crippen LogP contribution >= 0.6 is 0 Å². The molecule has 152 valence electrons. The second-order valence-electron chi connectivity index (χ2n) is 6.44. The van der Waals surface area contributed by atoms with E-state index in [1.807, 2.05) is 38.1 Å². The Morgan fingerprint density at radius 2 is 1.66 bits per heavy atom. The van der Waals surface area contributed by atoms with Gasteiger partial charge in [-0.25, -0.2) is 4.79 Å². The molecule has 0 saturated heterocycles. The van der Waals surface area contributed by atoms with Crippen LogP contribution in [0.5, 0.6) is 0 Å². The third-order valence-electron chi connectivity index (χ3n) is 4.33. The smallest absolute Gasteiger partial charge is 0.360 e. The third-order valence-corrected chi connectivity index (χ3v) is 4.33. The molecule has 2 aromatic rings. The number of carbonyl (C=O) groups excluding carboxylic acids is 2. The molecule has 2 rings (SSSR count). The lowest BCUT2D eigenvalue weighted by Gasteiger charge is -2.18. The number of oxime groups is 1. The van der Waals surface area contributed by atoms with Gasteiger partial charge in [-0.2, -0.15) is 5.10 Å². The largest absolute Gasteiger partial charge is 0.464 e. The fourth-order valence-electron chi connectivity index (χ4n) is 2.75. The average molecular weight is 395 g/mol. The molecule has 1 N–H and O–H groups in total. The number of ketones is 1. The Labute approximate surface area is 170 Å². The first-order valence-corrected chi connectivity index (χ1v) is 9.05. The maximum Gasteiger partial charge on any atom is 0.360 e. The van der Waals surface area contributed by atoms with E-state index in [0.717, 1.165) is 16.8 Å². The Kier molecular flexibility index (Phi) is 7.65. The van der Waals surface area contributed by atoms with Crippen LogP contribution in [-0.4, -0.2) is 37.4 Å². The molecule has 0 radical (unpaired) electrons. The number of carbonyl (C=O) groups is 2. The zero-order valence-corrected chi connectivity index (χ0v) is 17.2. The molecule has 0 aromatic heterocycles.